The first-order chi connectivity index (χ1) is 14.5. The number of hydrogen-bond donors (Lipinski definition) is 1. The second-order valence-electron chi connectivity index (χ2n) is 7.07. The van der Waals surface area contributed by atoms with E-state index < -0.39 is 12.1 Å². The SMILES string of the molecule is CC[C@H](c1ccccc1)[C@@H]([C@@H](Nc1ccc(OC)cc1)c1ccccc1Br)[N+](=O)[O-]. The summed E-state index contributed by atoms with van der Waals surface area (Å²) >= 11 is 3.60. The zero-order chi connectivity index (χ0) is 21.5. The van der Waals surface area contributed by atoms with Crippen LogP contribution in [0.1, 0.15) is 36.4 Å². The fourth-order valence-electron chi connectivity index (χ4n) is 3.82. The highest BCUT2D eigenvalue weighted by atomic mass is 79.9. The van der Waals surface area contributed by atoms with Crippen molar-refractivity contribution in [1.29, 1.82) is 0 Å². The van der Waals surface area contributed by atoms with E-state index in [4.69, 9.17) is 4.74 Å². The third-order valence-corrected chi connectivity index (χ3v) is 6.04. The molecule has 3 atom stereocenters. The quantitative estimate of drug-likeness (QED) is 0.289. The zero-order valence-corrected chi connectivity index (χ0v) is 18.6. The van der Waals surface area contributed by atoms with E-state index in [1.165, 1.54) is 0 Å². The smallest absolute Gasteiger partial charge is 0.243 e. The summed E-state index contributed by atoms with van der Waals surface area (Å²) in [4.78, 5) is 12.3. The van der Waals surface area contributed by atoms with Gasteiger partial charge in [0.2, 0.25) is 6.04 Å². The Morgan fingerprint density at radius 2 is 1.63 bits per heavy atom. The molecular weight excluding hydrogens is 444 g/mol. The van der Waals surface area contributed by atoms with E-state index in [9.17, 15) is 10.1 Å². The van der Waals surface area contributed by atoms with E-state index in [2.05, 4.69) is 21.2 Å². The maximum absolute atomic E-state index is 12.4. The Labute approximate surface area is 185 Å². The fourth-order valence-corrected chi connectivity index (χ4v) is 4.35. The topological polar surface area (TPSA) is 64.4 Å². The van der Waals surface area contributed by atoms with E-state index in [-0.39, 0.29) is 10.8 Å². The lowest BCUT2D eigenvalue weighted by molar-refractivity contribution is -0.530. The highest BCUT2D eigenvalue weighted by molar-refractivity contribution is 9.10. The molecule has 156 valence electrons. The second-order valence-corrected chi connectivity index (χ2v) is 7.93. The summed E-state index contributed by atoms with van der Waals surface area (Å²) in [6.45, 7) is 2.00. The summed E-state index contributed by atoms with van der Waals surface area (Å²) in [6.07, 6.45) is 0.654. The monoisotopic (exact) mass is 468 g/mol. The molecule has 0 radical (unpaired) electrons. The molecule has 3 aromatic rings. The van der Waals surface area contributed by atoms with Gasteiger partial charge in [0.05, 0.1) is 13.0 Å². The molecule has 5 nitrogen and oxygen atoms in total. The van der Waals surface area contributed by atoms with Gasteiger partial charge in [0.1, 0.15) is 11.8 Å². The van der Waals surface area contributed by atoms with Gasteiger partial charge in [0, 0.05) is 15.1 Å². The Hall–Kier alpha value is -2.86. The number of halogens is 1. The Morgan fingerprint density at radius 3 is 2.20 bits per heavy atom. The third kappa shape index (κ3) is 5.00. The number of nitrogens with zero attached hydrogens (tertiary/aromatic N) is 1. The number of rotatable bonds is 9. The van der Waals surface area contributed by atoms with Gasteiger partial charge in [-0.25, -0.2) is 0 Å². The van der Waals surface area contributed by atoms with E-state index in [1.807, 2.05) is 85.8 Å². The van der Waals surface area contributed by atoms with Crippen LogP contribution in [0.15, 0.2) is 83.3 Å². The normalized spacial score (nSPS) is 13.8. The first-order valence-corrected chi connectivity index (χ1v) is 10.7. The molecule has 0 spiro atoms. The van der Waals surface area contributed by atoms with Gasteiger partial charge in [-0.05, 0) is 47.9 Å². The van der Waals surface area contributed by atoms with Crippen molar-refractivity contribution in [3.8, 4) is 5.75 Å². The maximum Gasteiger partial charge on any atom is 0.243 e. The molecule has 0 bridgehead atoms. The molecule has 3 aromatic carbocycles. The van der Waals surface area contributed by atoms with E-state index in [0.717, 1.165) is 27.0 Å². The lowest BCUT2D eigenvalue weighted by Gasteiger charge is -2.29. The molecule has 6 heteroatoms. The van der Waals surface area contributed by atoms with Crippen molar-refractivity contribution in [2.24, 2.45) is 0 Å². The maximum atomic E-state index is 12.4. The van der Waals surface area contributed by atoms with Crippen LogP contribution < -0.4 is 10.1 Å². The van der Waals surface area contributed by atoms with Crippen LogP contribution in [-0.2, 0) is 0 Å². The standard InChI is InChI=1S/C24H25BrN2O3/c1-3-20(17-9-5-4-6-10-17)24(27(28)29)23(21-11-7-8-12-22(21)25)26-18-13-15-19(30-2)16-14-18/h4-16,20,23-24,26H,3H2,1-2H3/t20-,23+,24+/m1/s1. The number of hydrogen-bond acceptors (Lipinski definition) is 4. The highest BCUT2D eigenvalue weighted by Gasteiger charge is 2.41. The molecule has 0 aliphatic heterocycles. The molecule has 3 rings (SSSR count). The molecule has 0 saturated carbocycles. The van der Waals surface area contributed by atoms with Crippen molar-refractivity contribution in [2.75, 3.05) is 12.4 Å². The molecule has 30 heavy (non-hydrogen) atoms. The molecule has 0 aliphatic carbocycles. The predicted molar refractivity (Wildman–Crippen MR) is 124 cm³/mol. The summed E-state index contributed by atoms with van der Waals surface area (Å²) in [5.41, 5.74) is 2.62. The van der Waals surface area contributed by atoms with E-state index >= 15 is 0 Å². The Balaban J connectivity index is 2.07. The first-order valence-electron chi connectivity index (χ1n) is 9.88. The lowest BCUT2D eigenvalue weighted by atomic mass is 9.83. The Bertz CT molecular complexity index is 964. The minimum Gasteiger partial charge on any atom is -0.497 e. The highest BCUT2D eigenvalue weighted by Crippen LogP contribution is 2.38. The van der Waals surface area contributed by atoms with Crippen molar-refractivity contribution < 1.29 is 9.66 Å². The average molecular weight is 469 g/mol. The van der Waals surface area contributed by atoms with Crippen LogP contribution in [0.4, 0.5) is 5.69 Å². The average Bonchev–Trinajstić information content (AvgIpc) is 2.77. The molecule has 0 amide bonds. The van der Waals surface area contributed by atoms with Crippen molar-refractivity contribution in [3.05, 3.63) is 105 Å². The molecule has 1 N–H and O–H groups in total. The zero-order valence-electron chi connectivity index (χ0n) is 17.0. The largest absolute Gasteiger partial charge is 0.497 e. The minimum atomic E-state index is -0.863. The van der Waals surface area contributed by atoms with Crippen molar-refractivity contribution >= 4 is 21.6 Å². The summed E-state index contributed by atoms with van der Waals surface area (Å²) in [7, 11) is 1.61. The van der Waals surface area contributed by atoms with Crippen LogP contribution in [0.5, 0.6) is 5.75 Å². The predicted octanol–water partition coefficient (Wildman–Crippen LogP) is 6.45. The van der Waals surface area contributed by atoms with Gasteiger partial charge in [0.25, 0.3) is 0 Å². The molecular formula is C24H25BrN2O3. The number of anilines is 1. The van der Waals surface area contributed by atoms with Gasteiger partial charge in [-0.15, -0.1) is 0 Å². The van der Waals surface area contributed by atoms with Crippen molar-refractivity contribution in [1.82, 2.24) is 0 Å². The van der Waals surface area contributed by atoms with Gasteiger partial charge >= 0.3 is 0 Å². The van der Waals surface area contributed by atoms with Crippen LogP contribution in [0, 0.1) is 10.1 Å². The summed E-state index contributed by atoms with van der Waals surface area (Å²) in [6, 6.07) is 23.4. The number of benzene rings is 3. The van der Waals surface area contributed by atoms with Gasteiger partial charge in [-0.3, -0.25) is 10.1 Å². The van der Waals surface area contributed by atoms with E-state index in [0.29, 0.717) is 6.42 Å². The number of methoxy groups -OCH3 is 1. The number of ether oxygens (including phenoxy) is 1. The molecule has 0 aliphatic rings. The minimum absolute atomic E-state index is 0.151. The second kappa shape index (κ2) is 10.3. The fraction of sp³-hybridized carbons (Fsp3) is 0.250. The number of nitrogens with one attached hydrogen (secondary N) is 1. The first kappa shape index (κ1) is 21.8. The van der Waals surface area contributed by atoms with Gasteiger partial charge in [0.15, 0.2) is 0 Å². The van der Waals surface area contributed by atoms with Crippen molar-refractivity contribution in [3.63, 3.8) is 0 Å². The van der Waals surface area contributed by atoms with E-state index in [1.54, 1.807) is 7.11 Å². The Kier molecular flexibility index (Phi) is 7.46. The van der Waals surface area contributed by atoms with Gasteiger partial charge in [-0.1, -0.05) is 71.4 Å². The molecule has 0 fully saturated rings. The summed E-state index contributed by atoms with van der Waals surface area (Å²) in [5, 5.41) is 15.8. The van der Waals surface area contributed by atoms with Crippen LogP contribution in [0.25, 0.3) is 0 Å². The van der Waals surface area contributed by atoms with Crippen LogP contribution in [0.2, 0.25) is 0 Å². The third-order valence-electron chi connectivity index (χ3n) is 5.32. The molecule has 0 unspecified atom stereocenters. The lowest BCUT2D eigenvalue weighted by Crippen LogP contribution is -2.38. The summed E-state index contributed by atoms with van der Waals surface area (Å²) < 4.78 is 6.07. The van der Waals surface area contributed by atoms with Gasteiger partial charge < -0.3 is 10.1 Å². The van der Waals surface area contributed by atoms with Gasteiger partial charge in [-0.2, -0.15) is 0 Å². The molecule has 0 heterocycles. The Morgan fingerprint density at radius 1 is 1.00 bits per heavy atom. The van der Waals surface area contributed by atoms with Crippen molar-refractivity contribution in [2.45, 2.75) is 31.3 Å². The van der Waals surface area contributed by atoms with Crippen LogP contribution in [-0.4, -0.2) is 18.1 Å². The van der Waals surface area contributed by atoms with Crippen LogP contribution in [0.3, 0.4) is 0 Å². The number of nitro groups is 1. The summed E-state index contributed by atoms with van der Waals surface area (Å²) in [5.74, 6) is 0.489. The van der Waals surface area contributed by atoms with Crippen LogP contribution >= 0.6 is 15.9 Å². The molecule has 0 saturated heterocycles. The molecule has 0 aromatic heterocycles.